The molecule has 0 radical (unpaired) electrons. The first-order valence-corrected chi connectivity index (χ1v) is 7.56. The van der Waals surface area contributed by atoms with Gasteiger partial charge in [-0.2, -0.15) is 0 Å². The SMILES string of the molecule is CC1CCC(c2cc(-c3ccccc3O)nnc2N)CC1. The van der Waals surface area contributed by atoms with Crippen molar-refractivity contribution in [1.29, 1.82) is 0 Å². The van der Waals surface area contributed by atoms with Gasteiger partial charge < -0.3 is 10.8 Å². The fourth-order valence-electron chi connectivity index (χ4n) is 3.14. The summed E-state index contributed by atoms with van der Waals surface area (Å²) in [5.74, 6) is 2.00. The fraction of sp³-hybridized carbons (Fsp3) is 0.412. The molecule has 1 aromatic carbocycles. The maximum Gasteiger partial charge on any atom is 0.149 e. The normalized spacial score (nSPS) is 22.1. The molecular formula is C17H21N3O. The molecule has 1 heterocycles. The number of phenolic OH excluding ortho intramolecular Hbond substituents is 1. The highest BCUT2D eigenvalue weighted by Crippen LogP contribution is 2.38. The topological polar surface area (TPSA) is 72.0 Å². The number of phenols is 1. The van der Waals surface area contributed by atoms with Crippen LogP contribution in [0, 0.1) is 5.92 Å². The minimum absolute atomic E-state index is 0.222. The monoisotopic (exact) mass is 283 g/mol. The number of aromatic hydroxyl groups is 1. The van der Waals surface area contributed by atoms with Gasteiger partial charge in [-0.1, -0.05) is 31.9 Å². The van der Waals surface area contributed by atoms with Crippen LogP contribution in [0.2, 0.25) is 0 Å². The van der Waals surface area contributed by atoms with E-state index in [9.17, 15) is 5.11 Å². The molecule has 0 unspecified atom stereocenters. The van der Waals surface area contributed by atoms with Gasteiger partial charge in [0.1, 0.15) is 11.6 Å². The molecule has 1 aromatic heterocycles. The summed E-state index contributed by atoms with van der Waals surface area (Å²) in [7, 11) is 0. The van der Waals surface area contributed by atoms with E-state index in [1.54, 1.807) is 12.1 Å². The average Bonchev–Trinajstić information content (AvgIpc) is 2.50. The van der Waals surface area contributed by atoms with Crippen molar-refractivity contribution in [2.24, 2.45) is 5.92 Å². The molecule has 0 spiro atoms. The number of para-hydroxylation sites is 1. The lowest BCUT2D eigenvalue weighted by molar-refractivity contribution is 0.348. The van der Waals surface area contributed by atoms with E-state index in [2.05, 4.69) is 17.1 Å². The number of nitrogens with two attached hydrogens (primary N) is 1. The van der Waals surface area contributed by atoms with Crippen LogP contribution in [0.5, 0.6) is 5.75 Å². The van der Waals surface area contributed by atoms with Crippen LogP contribution in [0.4, 0.5) is 5.82 Å². The molecule has 1 aliphatic rings. The van der Waals surface area contributed by atoms with Crippen molar-refractivity contribution in [1.82, 2.24) is 10.2 Å². The third-order valence-corrected chi connectivity index (χ3v) is 4.49. The van der Waals surface area contributed by atoms with Crippen molar-refractivity contribution in [3.05, 3.63) is 35.9 Å². The van der Waals surface area contributed by atoms with Crippen LogP contribution in [0.3, 0.4) is 0 Å². The minimum atomic E-state index is 0.222. The Balaban J connectivity index is 1.95. The van der Waals surface area contributed by atoms with Crippen LogP contribution < -0.4 is 5.73 Å². The molecular weight excluding hydrogens is 262 g/mol. The Kier molecular flexibility index (Phi) is 3.78. The van der Waals surface area contributed by atoms with E-state index in [1.807, 2.05) is 18.2 Å². The van der Waals surface area contributed by atoms with Crippen LogP contribution in [0.25, 0.3) is 11.3 Å². The summed E-state index contributed by atoms with van der Waals surface area (Å²) >= 11 is 0. The van der Waals surface area contributed by atoms with Crippen molar-refractivity contribution >= 4 is 5.82 Å². The first kappa shape index (κ1) is 13.9. The second-order valence-electron chi connectivity index (χ2n) is 6.04. The molecule has 4 nitrogen and oxygen atoms in total. The van der Waals surface area contributed by atoms with Gasteiger partial charge >= 0.3 is 0 Å². The molecule has 0 bridgehead atoms. The minimum Gasteiger partial charge on any atom is -0.507 e. The zero-order chi connectivity index (χ0) is 14.8. The summed E-state index contributed by atoms with van der Waals surface area (Å²) < 4.78 is 0. The molecule has 0 saturated heterocycles. The highest BCUT2D eigenvalue weighted by Gasteiger charge is 2.23. The second-order valence-corrected chi connectivity index (χ2v) is 6.04. The van der Waals surface area contributed by atoms with Crippen LogP contribution in [-0.4, -0.2) is 15.3 Å². The van der Waals surface area contributed by atoms with Crippen LogP contribution in [0.1, 0.15) is 44.1 Å². The molecule has 2 aromatic rings. The first-order valence-electron chi connectivity index (χ1n) is 7.56. The number of aromatic nitrogens is 2. The lowest BCUT2D eigenvalue weighted by atomic mass is 9.79. The molecule has 0 atom stereocenters. The highest BCUT2D eigenvalue weighted by atomic mass is 16.3. The third-order valence-electron chi connectivity index (χ3n) is 4.49. The predicted molar refractivity (Wildman–Crippen MR) is 83.9 cm³/mol. The number of anilines is 1. The Morgan fingerprint density at radius 1 is 1.10 bits per heavy atom. The van der Waals surface area contributed by atoms with Crippen LogP contribution in [-0.2, 0) is 0 Å². The number of benzene rings is 1. The summed E-state index contributed by atoms with van der Waals surface area (Å²) in [6, 6.07) is 9.19. The van der Waals surface area contributed by atoms with Crippen molar-refractivity contribution in [3.63, 3.8) is 0 Å². The van der Waals surface area contributed by atoms with E-state index in [0.29, 0.717) is 23.0 Å². The molecule has 21 heavy (non-hydrogen) atoms. The number of hydrogen-bond acceptors (Lipinski definition) is 4. The summed E-state index contributed by atoms with van der Waals surface area (Å²) in [5.41, 5.74) is 8.51. The smallest absolute Gasteiger partial charge is 0.149 e. The highest BCUT2D eigenvalue weighted by molar-refractivity contribution is 5.67. The fourth-order valence-corrected chi connectivity index (χ4v) is 3.14. The third kappa shape index (κ3) is 2.84. The van der Waals surface area contributed by atoms with Gasteiger partial charge in [-0.15, -0.1) is 10.2 Å². The van der Waals surface area contributed by atoms with E-state index in [1.165, 1.54) is 12.8 Å². The molecule has 110 valence electrons. The van der Waals surface area contributed by atoms with E-state index in [0.717, 1.165) is 24.3 Å². The average molecular weight is 283 g/mol. The number of hydrogen-bond donors (Lipinski definition) is 2. The van der Waals surface area contributed by atoms with Gasteiger partial charge in [0, 0.05) is 11.1 Å². The molecule has 0 amide bonds. The van der Waals surface area contributed by atoms with Crippen molar-refractivity contribution in [2.45, 2.75) is 38.5 Å². The largest absolute Gasteiger partial charge is 0.507 e. The van der Waals surface area contributed by atoms with E-state index >= 15 is 0 Å². The van der Waals surface area contributed by atoms with Crippen LogP contribution >= 0.6 is 0 Å². The summed E-state index contributed by atoms with van der Waals surface area (Å²) in [6.45, 7) is 2.30. The predicted octanol–water partition coefficient (Wildman–Crippen LogP) is 3.73. The van der Waals surface area contributed by atoms with Crippen molar-refractivity contribution in [2.75, 3.05) is 5.73 Å². The van der Waals surface area contributed by atoms with Gasteiger partial charge in [-0.05, 0) is 42.9 Å². The lowest BCUT2D eigenvalue weighted by Gasteiger charge is -2.27. The maximum atomic E-state index is 9.97. The molecule has 1 fully saturated rings. The number of nitrogen functional groups attached to an aromatic ring is 1. The Morgan fingerprint density at radius 2 is 1.81 bits per heavy atom. The van der Waals surface area contributed by atoms with Crippen LogP contribution in [0.15, 0.2) is 30.3 Å². The maximum absolute atomic E-state index is 9.97. The lowest BCUT2D eigenvalue weighted by Crippen LogP contribution is -2.13. The zero-order valence-electron chi connectivity index (χ0n) is 12.3. The van der Waals surface area contributed by atoms with E-state index in [-0.39, 0.29) is 5.75 Å². The molecule has 3 rings (SSSR count). The van der Waals surface area contributed by atoms with Crippen molar-refractivity contribution in [3.8, 4) is 17.0 Å². The Labute approximate surface area is 125 Å². The number of rotatable bonds is 2. The molecule has 1 aliphatic carbocycles. The van der Waals surface area contributed by atoms with Gasteiger partial charge in [0.2, 0.25) is 0 Å². The van der Waals surface area contributed by atoms with Crippen molar-refractivity contribution < 1.29 is 5.11 Å². The summed E-state index contributed by atoms with van der Waals surface area (Å²) in [5, 5.41) is 18.2. The Hall–Kier alpha value is -2.10. The summed E-state index contributed by atoms with van der Waals surface area (Å²) in [6.07, 6.45) is 4.77. The van der Waals surface area contributed by atoms with Gasteiger partial charge in [0.15, 0.2) is 0 Å². The van der Waals surface area contributed by atoms with E-state index < -0.39 is 0 Å². The number of nitrogens with zero attached hydrogens (tertiary/aromatic N) is 2. The Bertz CT molecular complexity index is 634. The second kappa shape index (κ2) is 5.72. The van der Waals surface area contributed by atoms with Gasteiger partial charge in [0.25, 0.3) is 0 Å². The van der Waals surface area contributed by atoms with Gasteiger partial charge in [-0.3, -0.25) is 0 Å². The Morgan fingerprint density at radius 3 is 2.52 bits per heavy atom. The standard InChI is InChI=1S/C17H21N3O/c1-11-6-8-12(9-7-11)14-10-15(19-20-17(14)18)13-4-2-3-5-16(13)21/h2-5,10-12,21H,6-9H2,1H3,(H2,18,20). The summed E-state index contributed by atoms with van der Waals surface area (Å²) in [4.78, 5) is 0. The molecule has 3 N–H and O–H groups in total. The van der Waals surface area contributed by atoms with Gasteiger partial charge in [-0.25, -0.2) is 0 Å². The van der Waals surface area contributed by atoms with Gasteiger partial charge in [0.05, 0.1) is 5.69 Å². The first-order chi connectivity index (χ1) is 10.1. The van der Waals surface area contributed by atoms with E-state index in [4.69, 9.17) is 5.73 Å². The quantitative estimate of drug-likeness (QED) is 0.881. The molecule has 0 aliphatic heterocycles. The molecule has 4 heteroatoms. The zero-order valence-corrected chi connectivity index (χ0v) is 12.3. The molecule has 1 saturated carbocycles.